The second kappa shape index (κ2) is 1.95. The van der Waals surface area contributed by atoms with Crippen LogP contribution in [0.2, 0.25) is 0 Å². The van der Waals surface area contributed by atoms with Gasteiger partial charge in [0.15, 0.2) is 0 Å². The predicted molar refractivity (Wildman–Crippen MR) is 31.2 cm³/mol. The molecule has 0 bridgehead atoms. The van der Waals surface area contributed by atoms with E-state index in [-0.39, 0.29) is 4.84 Å². The molecular formula is C3H5N3OS. The van der Waals surface area contributed by atoms with Crippen LogP contribution >= 0.6 is 12.2 Å². The van der Waals surface area contributed by atoms with Crippen molar-refractivity contribution in [2.75, 3.05) is 12.4 Å². The Morgan fingerprint density at radius 1 is 1.88 bits per heavy atom. The van der Waals surface area contributed by atoms with Gasteiger partial charge in [-0.1, -0.05) is 0 Å². The van der Waals surface area contributed by atoms with Crippen LogP contribution < -0.4 is 5.32 Å². The van der Waals surface area contributed by atoms with Crippen LogP contribution in [0.25, 0.3) is 0 Å². The topological polar surface area (TPSA) is 53.9 Å². The van der Waals surface area contributed by atoms with Crippen LogP contribution in [0.3, 0.4) is 0 Å². The van der Waals surface area contributed by atoms with Crippen molar-refractivity contribution in [1.82, 2.24) is 10.1 Å². The molecule has 1 aromatic rings. The van der Waals surface area contributed by atoms with Gasteiger partial charge in [-0.15, -0.1) is 0 Å². The maximum Gasteiger partial charge on any atom is 0.296 e. The smallest absolute Gasteiger partial charge is 0.296 e. The summed E-state index contributed by atoms with van der Waals surface area (Å²) in [6.45, 7) is 0. The lowest BCUT2D eigenvalue weighted by molar-refractivity contribution is 0.406. The largest absolute Gasteiger partial charge is 0.356 e. The number of nitrogens with zero attached hydrogens (tertiary/aromatic N) is 1. The van der Waals surface area contributed by atoms with Crippen molar-refractivity contribution in [3.63, 3.8) is 0 Å². The van der Waals surface area contributed by atoms with E-state index in [0.717, 1.165) is 0 Å². The molecule has 0 aromatic carbocycles. The van der Waals surface area contributed by atoms with E-state index >= 15 is 0 Å². The minimum Gasteiger partial charge on any atom is -0.356 e. The molecule has 1 aromatic heterocycles. The third-order valence-electron chi connectivity index (χ3n) is 0.677. The Morgan fingerprint density at radius 2 is 2.62 bits per heavy atom. The van der Waals surface area contributed by atoms with E-state index in [2.05, 4.69) is 32.2 Å². The first-order valence-electron chi connectivity index (χ1n) is 2.06. The van der Waals surface area contributed by atoms with Gasteiger partial charge in [-0.3, -0.25) is 4.98 Å². The van der Waals surface area contributed by atoms with E-state index in [1.165, 1.54) is 0 Å². The fourth-order valence-corrected chi connectivity index (χ4v) is 0.472. The van der Waals surface area contributed by atoms with Crippen LogP contribution in [0.15, 0.2) is 4.52 Å². The Bertz CT molecular complexity index is 214. The maximum atomic E-state index is 4.57. The molecule has 0 saturated carbocycles. The summed E-state index contributed by atoms with van der Waals surface area (Å²) in [5, 5.41) is 6.21. The van der Waals surface area contributed by atoms with Gasteiger partial charge in [-0.2, -0.15) is 0 Å². The predicted octanol–water partition coefficient (Wildman–Crippen LogP) is 0.774. The monoisotopic (exact) mass is 131 g/mol. The summed E-state index contributed by atoms with van der Waals surface area (Å²) in [4.78, 5) is 2.94. The lowest BCUT2D eigenvalue weighted by Gasteiger charge is -1.82. The molecular weight excluding hydrogens is 126 g/mol. The Morgan fingerprint density at radius 3 is 2.88 bits per heavy atom. The highest BCUT2D eigenvalue weighted by molar-refractivity contribution is 7.71. The fourth-order valence-electron chi connectivity index (χ4n) is 0.338. The second-order valence-corrected chi connectivity index (χ2v) is 1.56. The number of hydrogen-bond acceptors (Lipinski definition) is 4. The SMILES string of the molecule is CNc1noc(=S)[nH]1. The van der Waals surface area contributed by atoms with Gasteiger partial charge in [0.25, 0.3) is 4.84 Å². The van der Waals surface area contributed by atoms with Crippen molar-refractivity contribution in [3.8, 4) is 0 Å². The van der Waals surface area contributed by atoms with E-state index in [1.807, 2.05) is 0 Å². The lowest BCUT2D eigenvalue weighted by Crippen LogP contribution is -1.88. The summed E-state index contributed by atoms with van der Waals surface area (Å²) >= 11 is 4.57. The van der Waals surface area contributed by atoms with Crippen LogP contribution in [0.1, 0.15) is 0 Å². The minimum atomic E-state index is 0.286. The van der Waals surface area contributed by atoms with E-state index in [4.69, 9.17) is 0 Å². The quantitative estimate of drug-likeness (QED) is 0.553. The number of aromatic amines is 1. The van der Waals surface area contributed by atoms with Gasteiger partial charge in [0, 0.05) is 7.05 Å². The van der Waals surface area contributed by atoms with Crippen LogP contribution in [0.5, 0.6) is 0 Å². The third-order valence-corrected chi connectivity index (χ3v) is 0.854. The normalized spacial score (nSPS) is 9.12. The minimum absolute atomic E-state index is 0.286. The molecule has 0 saturated heterocycles. The molecule has 0 radical (unpaired) electrons. The van der Waals surface area contributed by atoms with Gasteiger partial charge in [-0.05, 0) is 17.4 Å². The summed E-state index contributed by atoms with van der Waals surface area (Å²) in [6, 6.07) is 0. The van der Waals surface area contributed by atoms with Crippen LogP contribution in [0, 0.1) is 4.84 Å². The van der Waals surface area contributed by atoms with Crippen molar-refractivity contribution < 1.29 is 4.52 Å². The molecule has 0 spiro atoms. The molecule has 5 heteroatoms. The van der Waals surface area contributed by atoms with Gasteiger partial charge in [0.05, 0.1) is 0 Å². The number of aromatic nitrogens is 2. The van der Waals surface area contributed by atoms with E-state index < -0.39 is 0 Å². The van der Waals surface area contributed by atoms with Gasteiger partial charge in [-0.25, -0.2) is 0 Å². The molecule has 4 nitrogen and oxygen atoms in total. The first kappa shape index (κ1) is 5.30. The molecule has 0 aliphatic carbocycles. The van der Waals surface area contributed by atoms with Gasteiger partial charge in [0.1, 0.15) is 0 Å². The molecule has 0 aliphatic rings. The molecule has 2 N–H and O–H groups in total. The molecule has 0 aliphatic heterocycles. The molecule has 0 atom stereocenters. The zero-order valence-electron chi connectivity index (χ0n) is 4.26. The van der Waals surface area contributed by atoms with Crippen LogP contribution in [0.4, 0.5) is 5.95 Å². The average molecular weight is 131 g/mol. The highest BCUT2D eigenvalue weighted by Crippen LogP contribution is 1.93. The van der Waals surface area contributed by atoms with Gasteiger partial charge < -0.3 is 9.84 Å². The highest BCUT2D eigenvalue weighted by atomic mass is 32.1. The summed E-state index contributed by atoms with van der Waals surface area (Å²) < 4.78 is 4.50. The first-order valence-corrected chi connectivity index (χ1v) is 2.47. The molecule has 1 heterocycles. The Balaban J connectivity index is 3.01. The van der Waals surface area contributed by atoms with Crippen molar-refractivity contribution >= 4 is 18.2 Å². The molecule has 44 valence electrons. The van der Waals surface area contributed by atoms with E-state index in [9.17, 15) is 0 Å². The maximum absolute atomic E-state index is 4.57. The molecule has 0 fully saturated rings. The molecule has 1 rings (SSSR count). The van der Waals surface area contributed by atoms with Crippen molar-refractivity contribution in [3.05, 3.63) is 4.84 Å². The molecule has 0 amide bonds. The van der Waals surface area contributed by atoms with Crippen molar-refractivity contribution in [2.24, 2.45) is 0 Å². The van der Waals surface area contributed by atoms with Crippen LogP contribution in [-0.4, -0.2) is 17.2 Å². The zero-order valence-corrected chi connectivity index (χ0v) is 5.08. The summed E-state index contributed by atoms with van der Waals surface area (Å²) in [7, 11) is 1.73. The molecule has 0 unspecified atom stereocenters. The first-order chi connectivity index (χ1) is 3.83. The van der Waals surface area contributed by atoms with E-state index in [0.29, 0.717) is 5.95 Å². The van der Waals surface area contributed by atoms with Gasteiger partial charge >= 0.3 is 0 Å². The Labute approximate surface area is 50.9 Å². The van der Waals surface area contributed by atoms with E-state index in [1.54, 1.807) is 7.05 Å². The standard InChI is InChI=1S/C3H5N3OS/c1-4-2-5-3(8)7-6-2/h1H3,(H2,4,5,6,8). The second-order valence-electron chi connectivity index (χ2n) is 1.19. The molecule has 8 heavy (non-hydrogen) atoms. The number of H-pyrrole nitrogens is 1. The fraction of sp³-hybridized carbons (Fsp3) is 0.333. The number of hydrogen-bond donors (Lipinski definition) is 2. The highest BCUT2D eigenvalue weighted by Gasteiger charge is 1.88. The van der Waals surface area contributed by atoms with Crippen molar-refractivity contribution in [2.45, 2.75) is 0 Å². The summed E-state index contributed by atoms with van der Waals surface area (Å²) in [5.41, 5.74) is 0. The van der Waals surface area contributed by atoms with Gasteiger partial charge in [0.2, 0.25) is 5.95 Å². The Hall–Kier alpha value is -0.840. The Kier molecular flexibility index (Phi) is 1.29. The number of anilines is 1. The number of nitrogens with one attached hydrogen (secondary N) is 2. The van der Waals surface area contributed by atoms with Crippen molar-refractivity contribution in [1.29, 1.82) is 0 Å². The average Bonchev–Trinajstić information content (AvgIpc) is 2.14. The summed E-state index contributed by atoms with van der Waals surface area (Å²) in [6.07, 6.45) is 0. The van der Waals surface area contributed by atoms with Crippen LogP contribution in [-0.2, 0) is 0 Å². The lowest BCUT2D eigenvalue weighted by atomic mass is 11.0. The number of rotatable bonds is 1. The third kappa shape index (κ3) is 0.865. The summed E-state index contributed by atoms with van der Waals surface area (Å²) in [5.74, 6) is 0.551. The zero-order chi connectivity index (χ0) is 5.98.